The molecule has 0 radical (unpaired) electrons. The summed E-state index contributed by atoms with van der Waals surface area (Å²) in [5, 5.41) is 4.82. The summed E-state index contributed by atoms with van der Waals surface area (Å²) in [5.41, 5.74) is 3.13. The summed E-state index contributed by atoms with van der Waals surface area (Å²) in [5.74, 6) is 1.31. The Morgan fingerprint density at radius 1 is 0.939 bits per heavy atom. The molecule has 0 bridgehead atoms. The van der Waals surface area contributed by atoms with E-state index >= 15 is 0 Å². The molecule has 33 heavy (non-hydrogen) atoms. The van der Waals surface area contributed by atoms with Gasteiger partial charge in [0, 0.05) is 12.1 Å². The zero-order valence-corrected chi connectivity index (χ0v) is 19.6. The van der Waals surface area contributed by atoms with E-state index in [0.29, 0.717) is 24.6 Å². The van der Waals surface area contributed by atoms with Crippen LogP contribution in [0.25, 0.3) is 11.4 Å². The number of hydrogen-bond acceptors (Lipinski definition) is 4. The minimum atomic E-state index is -0.276. The molecule has 0 aliphatic heterocycles. The van der Waals surface area contributed by atoms with Crippen LogP contribution in [0.2, 0.25) is 0 Å². The average molecular weight is 463 g/mol. The van der Waals surface area contributed by atoms with Gasteiger partial charge in [0.05, 0.1) is 19.8 Å². The minimum absolute atomic E-state index is 0.276. The van der Waals surface area contributed by atoms with Gasteiger partial charge in [-0.25, -0.2) is 9.07 Å². The molecule has 0 amide bonds. The van der Waals surface area contributed by atoms with Crippen molar-refractivity contribution in [1.82, 2.24) is 19.2 Å². The molecule has 1 heterocycles. The van der Waals surface area contributed by atoms with Crippen LogP contribution in [0.3, 0.4) is 0 Å². The SMILES string of the molecule is CCOc1ccc(CN(C)Cn2nc(-c3ccc(F)cc3)n(Cc3ccccc3)c2=S)cc1. The summed E-state index contributed by atoms with van der Waals surface area (Å²) in [6, 6.07) is 24.6. The van der Waals surface area contributed by atoms with E-state index in [0.717, 1.165) is 29.2 Å². The van der Waals surface area contributed by atoms with Gasteiger partial charge < -0.3 is 4.74 Å². The normalized spacial score (nSPS) is 11.2. The molecule has 0 saturated heterocycles. The highest BCUT2D eigenvalue weighted by molar-refractivity contribution is 7.71. The van der Waals surface area contributed by atoms with Crippen molar-refractivity contribution in [1.29, 1.82) is 0 Å². The van der Waals surface area contributed by atoms with Gasteiger partial charge in [-0.2, -0.15) is 5.10 Å². The summed E-state index contributed by atoms with van der Waals surface area (Å²) < 4.78 is 23.5. The third-order valence-corrected chi connectivity index (χ3v) is 5.70. The fourth-order valence-corrected chi connectivity index (χ4v) is 3.95. The van der Waals surface area contributed by atoms with Crippen LogP contribution in [0.4, 0.5) is 4.39 Å². The Morgan fingerprint density at radius 2 is 1.64 bits per heavy atom. The van der Waals surface area contributed by atoms with E-state index in [-0.39, 0.29) is 5.82 Å². The number of halogens is 1. The maximum absolute atomic E-state index is 13.5. The molecule has 0 saturated carbocycles. The summed E-state index contributed by atoms with van der Waals surface area (Å²) in [6.07, 6.45) is 0. The molecular formula is C26H27FN4OS. The molecule has 0 aliphatic carbocycles. The Balaban J connectivity index is 1.59. The largest absolute Gasteiger partial charge is 0.494 e. The fourth-order valence-electron chi connectivity index (χ4n) is 3.70. The van der Waals surface area contributed by atoms with Gasteiger partial charge in [0.25, 0.3) is 0 Å². The van der Waals surface area contributed by atoms with E-state index < -0.39 is 0 Å². The molecule has 1 aromatic heterocycles. The third kappa shape index (κ3) is 5.74. The highest BCUT2D eigenvalue weighted by atomic mass is 32.1. The Kier molecular flexibility index (Phi) is 7.32. The molecule has 0 unspecified atom stereocenters. The minimum Gasteiger partial charge on any atom is -0.494 e. The lowest BCUT2D eigenvalue weighted by atomic mass is 10.2. The number of benzene rings is 3. The lowest BCUT2D eigenvalue weighted by Crippen LogP contribution is -2.22. The monoisotopic (exact) mass is 462 g/mol. The van der Waals surface area contributed by atoms with E-state index in [2.05, 4.69) is 29.2 Å². The van der Waals surface area contributed by atoms with Crippen molar-refractivity contribution in [2.24, 2.45) is 0 Å². The van der Waals surface area contributed by atoms with E-state index in [1.807, 2.05) is 53.6 Å². The second-order valence-electron chi connectivity index (χ2n) is 7.92. The molecule has 0 N–H and O–H groups in total. The van der Waals surface area contributed by atoms with Crippen molar-refractivity contribution in [3.05, 3.63) is 101 Å². The second-order valence-corrected chi connectivity index (χ2v) is 8.28. The Labute approximate surface area is 198 Å². The van der Waals surface area contributed by atoms with E-state index in [1.165, 1.54) is 17.7 Å². The molecule has 5 nitrogen and oxygen atoms in total. The molecule has 0 atom stereocenters. The quantitative estimate of drug-likeness (QED) is 0.297. The highest BCUT2D eigenvalue weighted by Gasteiger charge is 2.15. The lowest BCUT2D eigenvalue weighted by molar-refractivity contribution is 0.244. The van der Waals surface area contributed by atoms with Gasteiger partial charge in [0.15, 0.2) is 10.6 Å². The maximum Gasteiger partial charge on any atom is 0.199 e. The predicted octanol–water partition coefficient (Wildman–Crippen LogP) is 5.76. The van der Waals surface area contributed by atoms with E-state index in [1.54, 1.807) is 12.1 Å². The molecule has 7 heteroatoms. The zero-order chi connectivity index (χ0) is 23.2. The van der Waals surface area contributed by atoms with E-state index in [9.17, 15) is 4.39 Å². The van der Waals surface area contributed by atoms with Gasteiger partial charge >= 0.3 is 0 Å². The summed E-state index contributed by atoms with van der Waals surface area (Å²) >= 11 is 5.81. The number of nitrogens with zero attached hydrogens (tertiary/aromatic N) is 4. The second kappa shape index (κ2) is 10.6. The molecule has 0 fully saturated rings. The van der Waals surface area contributed by atoms with Gasteiger partial charge in [-0.3, -0.25) is 9.47 Å². The van der Waals surface area contributed by atoms with Crippen LogP contribution in [0, 0.1) is 10.6 Å². The molecule has 4 rings (SSSR count). The Bertz CT molecular complexity index is 1230. The molecule has 3 aromatic carbocycles. The first-order chi connectivity index (χ1) is 16.0. The fraction of sp³-hybridized carbons (Fsp3) is 0.231. The predicted molar refractivity (Wildman–Crippen MR) is 131 cm³/mol. The number of rotatable bonds is 9. The van der Waals surface area contributed by atoms with Gasteiger partial charge in [-0.1, -0.05) is 42.5 Å². The number of ether oxygens (including phenoxy) is 1. The molecular weight excluding hydrogens is 435 g/mol. The topological polar surface area (TPSA) is 35.2 Å². The van der Waals surface area contributed by atoms with Crippen molar-refractivity contribution in [3.63, 3.8) is 0 Å². The van der Waals surface area contributed by atoms with Crippen LogP contribution in [0.1, 0.15) is 18.1 Å². The van der Waals surface area contributed by atoms with Crippen molar-refractivity contribution in [3.8, 4) is 17.1 Å². The van der Waals surface area contributed by atoms with Crippen molar-refractivity contribution in [2.45, 2.75) is 26.7 Å². The standard InChI is InChI=1S/C26H27FN4OS/c1-3-32-24-15-9-21(10-16-24)17-29(2)19-31-26(33)30(18-20-7-5-4-6-8-20)25(28-31)22-11-13-23(27)14-12-22/h4-16H,3,17-19H2,1-2H3. The average Bonchev–Trinajstić information content (AvgIpc) is 3.11. The van der Waals surface area contributed by atoms with E-state index in [4.69, 9.17) is 22.1 Å². The van der Waals surface area contributed by atoms with Gasteiger partial charge in [-0.05, 0) is 73.7 Å². The third-order valence-electron chi connectivity index (χ3n) is 5.27. The number of hydrogen-bond donors (Lipinski definition) is 0. The van der Waals surface area contributed by atoms with Crippen molar-refractivity contribution >= 4 is 12.2 Å². The maximum atomic E-state index is 13.5. The first-order valence-electron chi connectivity index (χ1n) is 10.9. The first kappa shape index (κ1) is 22.9. The van der Waals surface area contributed by atoms with Crippen LogP contribution in [0.5, 0.6) is 5.75 Å². The highest BCUT2D eigenvalue weighted by Crippen LogP contribution is 2.21. The van der Waals surface area contributed by atoms with Gasteiger partial charge in [-0.15, -0.1) is 0 Å². The van der Waals surface area contributed by atoms with Crippen molar-refractivity contribution < 1.29 is 9.13 Å². The van der Waals surface area contributed by atoms with Crippen LogP contribution >= 0.6 is 12.2 Å². The molecule has 0 aliphatic rings. The molecule has 4 aromatic rings. The smallest absolute Gasteiger partial charge is 0.199 e. The first-order valence-corrected chi connectivity index (χ1v) is 11.3. The zero-order valence-electron chi connectivity index (χ0n) is 18.8. The summed E-state index contributed by atoms with van der Waals surface area (Å²) in [4.78, 5) is 2.15. The van der Waals surface area contributed by atoms with Gasteiger partial charge in [0.1, 0.15) is 11.6 Å². The van der Waals surface area contributed by atoms with Crippen LogP contribution < -0.4 is 4.74 Å². The molecule has 0 spiro atoms. The van der Waals surface area contributed by atoms with Crippen molar-refractivity contribution in [2.75, 3.05) is 13.7 Å². The van der Waals surface area contributed by atoms with Crippen LogP contribution in [-0.2, 0) is 19.8 Å². The van der Waals surface area contributed by atoms with Crippen LogP contribution in [0.15, 0.2) is 78.9 Å². The Hall–Kier alpha value is -3.29. The van der Waals surface area contributed by atoms with Gasteiger partial charge in [0.2, 0.25) is 0 Å². The lowest BCUT2D eigenvalue weighted by Gasteiger charge is -2.16. The van der Waals surface area contributed by atoms with Crippen LogP contribution in [-0.4, -0.2) is 32.9 Å². The summed E-state index contributed by atoms with van der Waals surface area (Å²) in [7, 11) is 2.03. The molecule has 170 valence electrons. The number of aromatic nitrogens is 3. The summed E-state index contributed by atoms with van der Waals surface area (Å²) in [6.45, 7) is 4.49. The Morgan fingerprint density at radius 3 is 2.30 bits per heavy atom.